The van der Waals surface area contributed by atoms with Gasteiger partial charge >= 0.3 is 5.97 Å². The predicted molar refractivity (Wildman–Crippen MR) is 103 cm³/mol. The number of para-hydroxylation sites is 1. The number of benzene rings is 2. The molecule has 0 aliphatic carbocycles. The van der Waals surface area contributed by atoms with Gasteiger partial charge in [-0.1, -0.05) is 60.1 Å². The molecular formula is C20H22BrNO4. The molecule has 0 aromatic heterocycles. The van der Waals surface area contributed by atoms with Crippen LogP contribution in [0.1, 0.15) is 19.4 Å². The predicted octanol–water partition coefficient (Wildman–Crippen LogP) is 3.71. The summed E-state index contributed by atoms with van der Waals surface area (Å²) in [6.45, 7) is 3.70. The maximum absolute atomic E-state index is 12.3. The van der Waals surface area contributed by atoms with Gasteiger partial charge in [-0.3, -0.25) is 4.79 Å². The summed E-state index contributed by atoms with van der Waals surface area (Å²) in [6.07, 6.45) is 0. The number of esters is 1. The Hall–Kier alpha value is -2.34. The molecule has 0 unspecified atom stereocenters. The van der Waals surface area contributed by atoms with Crippen LogP contribution in [-0.4, -0.2) is 24.5 Å². The summed E-state index contributed by atoms with van der Waals surface area (Å²) in [5, 5.41) is 2.69. The number of amides is 1. The van der Waals surface area contributed by atoms with Gasteiger partial charge in [0.2, 0.25) is 0 Å². The van der Waals surface area contributed by atoms with Crippen LogP contribution in [0, 0.1) is 5.92 Å². The van der Waals surface area contributed by atoms with Gasteiger partial charge < -0.3 is 14.8 Å². The number of rotatable bonds is 8. The first-order valence-corrected chi connectivity index (χ1v) is 9.13. The van der Waals surface area contributed by atoms with E-state index in [1.165, 1.54) is 0 Å². The number of halogens is 1. The van der Waals surface area contributed by atoms with E-state index in [2.05, 4.69) is 21.2 Å². The van der Waals surface area contributed by atoms with E-state index in [1.54, 1.807) is 12.1 Å². The summed E-state index contributed by atoms with van der Waals surface area (Å²) >= 11 is 3.36. The van der Waals surface area contributed by atoms with E-state index in [0.29, 0.717) is 5.75 Å². The normalized spacial score (nSPS) is 11.7. The molecule has 0 saturated heterocycles. The van der Waals surface area contributed by atoms with Crippen molar-refractivity contribution >= 4 is 27.8 Å². The monoisotopic (exact) mass is 419 g/mol. The van der Waals surface area contributed by atoms with Crippen LogP contribution >= 0.6 is 15.9 Å². The molecule has 2 rings (SSSR count). The molecule has 1 atom stereocenters. The Kier molecular flexibility index (Phi) is 7.66. The van der Waals surface area contributed by atoms with Gasteiger partial charge in [-0.15, -0.1) is 0 Å². The van der Waals surface area contributed by atoms with E-state index in [-0.39, 0.29) is 25.0 Å². The van der Waals surface area contributed by atoms with Crippen LogP contribution in [0.3, 0.4) is 0 Å². The molecule has 5 nitrogen and oxygen atoms in total. The van der Waals surface area contributed by atoms with Gasteiger partial charge in [-0.25, -0.2) is 4.79 Å². The third-order valence-electron chi connectivity index (χ3n) is 3.64. The van der Waals surface area contributed by atoms with Crippen molar-refractivity contribution in [3.63, 3.8) is 0 Å². The van der Waals surface area contributed by atoms with Gasteiger partial charge in [-0.05, 0) is 35.7 Å². The molecule has 0 aliphatic heterocycles. The first-order valence-electron chi connectivity index (χ1n) is 8.34. The number of carbonyl (C=O) groups is 2. The van der Waals surface area contributed by atoms with Crippen LogP contribution in [0.5, 0.6) is 5.75 Å². The molecule has 0 bridgehead atoms. The first kappa shape index (κ1) is 20.0. The molecule has 0 spiro atoms. The van der Waals surface area contributed by atoms with Crippen molar-refractivity contribution in [2.45, 2.75) is 26.5 Å². The Morgan fingerprint density at radius 2 is 1.69 bits per heavy atom. The van der Waals surface area contributed by atoms with Crippen molar-refractivity contribution in [2.75, 3.05) is 6.61 Å². The summed E-state index contributed by atoms with van der Waals surface area (Å²) < 4.78 is 11.7. The smallest absolute Gasteiger partial charge is 0.329 e. The number of ether oxygens (including phenoxy) is 2. The third-order valence-corrected chi connectivity index (χ3v) is 4.17. The Balaban J connectivity index is 1.85. The fraction of sp³-hybridized carbons (Fsp3) is 0.300. The number of carbonyl (C=O) groups excluding carboxylic acids is 2. The standard InChI is InChI=1S/C20H22BrNO4/c1-14(2)19(20(24)26-12-15-8-10-16(21)11-9-15)22-18(23)13-25-17-6-4-3-5-7-17/h3-11,14,19H,12-13H2,1-2H3,(H,22,23)/t19-/m0/s1. The molecule has 6 heteroatoms. The largest absolute Gasteiger partial charge is 0.484 e. The zero-order chi connectivity index (χ0) is 18.9. The second kappa shape index (κ2) is 9.97. The number of nitrogens with one attached hydrogen (secondary N) is 1. The second-order valence-electron chi connectivity index (χ2n) is 6.13. The highest BCUT2D eigenvalue weighted by atomic mass is 79.9. The van der Waals surface area contributed by atoms with Crippen LogP contribution < -0.4 is 10.1 Å². The van der Waals surface area contributed by atoms with Crippen molar-refractivity contribution in [1.29, 1.82) is 0 Å². The second-order valence-corrected chi connectivity index (χ2v) is 7.04. The molecule has 2 aromatic rings. The van der Waals surface area contributed by atoms with E-state index in [4.69, 9.17) is 9.47 Å². The van der Waals surface area contributed by atoms with Gasteiger partial charge in [0.25, 0.3) is 5.91 Å². The quantitative estimate of drug-likeness (QED) is 0.662. The topological polar surface area (TPSA) is 64.6 Å². The van der Waals surface area contributed by atoms with Crippen LogP contribution in [0.4, 0.5) is 0 Å². The SMILES string of the molecule is CC(C)[C@H](NC(=O)COc1ccccc1)C(=O)OCc1ccc(Br)cc1. The molecule has 1 N–H and O–H groups in total. The van der Waals surface area contributed by atoms with E-state index >= 15 is 0 Å². The van der Waals surface area contributed by atoms with Gasteiger partial charge in [0, 0.05) is 4.47 Å². The fourth-order valence-corrected chi connectivity index (χ4v) is 2.47. The minimum absolute atomic E-state index is 0.104. The van der Waals surface area contributed by atoms with Crippen LogP contribution in [0.15, 0.2) is 59.1 Å². The van der Waals surface area contributed by atoms with Gasteiger partial charge in [0.15, 0.2) is 6.61 Å². The van der Waals surface area contributed by atoms with Crippen molar-refractivity contribution < 1.29 is 19.1 Å². The number of hydrogen-bond acceptors (Lipinski definition) is 4. The average Bonchev–Trinajstić information content (AvgIpc) is 2.64. The maximum Gasteiger partial charge on any atom is 0.329 e. The van der Waals surface area contributed by atoms with Crippen LogP contribution in [0.2, 0.25) is 0 Å². The minimum Gasteiger partial charge on any atom is -0.484 e. The molecular weight excluding hydrogens is 398 g/mol. The summed E-state index contributed by atoms with van der Waals surface area (Å²) in [5.41, 5.74) is 0.878. The molecule has 0 saturated carbocycles. The zero-order valence-corrected chi connectivity index (χ0v) is 16.4. The highest BCUT2D eigenvalue weighted by Gasteiger charge is 2.25. The molecule has 1 amide bonds. The lowest BCUT2D eigenvalue weighted by molar-refractivity contribution is -0.150. The lowest BCUT2D eigenvalue weighted by Crippen LogP contribution is -2.46. The Labute approximate surface area is 161 Å². The molecule has 0 fully saturated rings. The molecule has 0 radical (unpaired) electrons. The van der Waals surface area contributed by atoms with E-state index in [1.807, 2.05) is 56.3 Å². The highest BCUT2D eigenvalue weighted by Crippen LogP contribution is 2.13. The molecule has 0 heterocycles. The molecule has 0 aliphatic rings. The third kappa shape index (κ3) is 6.52. The van der Waals surface area contributed by atoms with Gasteiger partial charge in [0.1, 0.15) is 18.4 Å². The average molecular weight is 420 g/mol. The van der Waals surface area contributed by atoms with E-state index in [9.17, 15) is 9.59 Å². The fourth-order valence-electron chi connectivity index (χ4n) is 2.20. The van der Waals surface area contributed by atoms with Crippen LogP contribution in [0.25, 0.3) is 0 Å². The summed E-state index contributed by atoms with van der Waals surface area (Å²) in [5.74, 6) is -0.334. The van der Waals surface area contributed by atoms with Gasteiger partial charge in [0.05, 0.1) is 0 Å². The number of hydrogen-bond donors (Lipinski definition) is 1. The Morgan fingerprint density at radius 3 is 2.31 bits per heavy atom. The summed E-state index contributed by atoms with van der Waals surface area (Å²) in [6, 6.07) is 15.8. The van der Waals surface area contributed by atoms with Crippen molar-refractivity contribution in [2.24, 2.45) is 5.92 Å². The van der Waals surface area contributed by atoms with Crippen molar-refractivity contribution in [3.05, 3.63) is 64.6 Å². The molecule has 2 aromatic carbocycles. The van der Waals surface area contributed by atoms with Crippen molar-refractivity contribution in [1.82, 2.24) is 5.32 Å². The summed E-state index contributed by atoms with van der Waals surface area (Å²) in [4.78, 5) is 24.4. The Morgan fingerprint density at radius 1 is 1.04 bits per heavy atom. The Bertz CT molecular complexity index is 716. The lowest BCUT2D eigenvalue weighted by Gasteiger charge is -2.21. The van der Waals surface area contributed by atoms with Gasteiger partial charge in [-0.2, -0.15) is 0 Å². The van der Waals surface area contributed by atoms with Crippen LogP contribution in [-0.2, 0) is 20.9 Å². The summed E-state index contributed by atoms with van der Waals surface area (Å²) in [7, 11) is 0. The molecule has 26 heavy (non-hydrogen) atoms. The minimum atomic E-state index is -0.725. The van der Waals surface area contributed by atoms with E-state index < -0.39 is 12.0 Å². The zero-order valence-electron chi connectivity index (χ0n) is 14.8. The maximum atomic E-state index is 12.3. The molecule has 138 valence electrons. The highest BCUT2D eigenvalue weighted by molar-refractivity contribution is 9.10. The van der Waals surface area contributed by atoms with E-state index in [0.717, 1.165) is 10.0 Å². The van der Waals surface area contributed by atoms with Crippen molar-refractivity contribution in [3.8, 4) is 5.75 Å². The first-order chi connectivity index (χ1) is 12.5. The lowest BCUT2D eigenvalue weighted by atomic mass is 10.0.